The van der Waals surface area contributed by atoms with Crippen molar-refractivity contribution in [2.75, 3.05) is 39.3 Å². The number of benzene rings is 1. The number of amides is 1. The van der Waals surface area contributed by atoms with Gasteiger partial charge in [-0.15, -0.1) is 11.3 Å². The molecule has 3 aromatic rings. The Morgan fingerprint density at radius 3 is 2.36 bits per heavy atom. The summed E-state index contributed by atoms with van der Waals surface area (Å²) >= 11 is 1.38. The van der Waals surface area contributed by atoms with Crippen LogP contribution in [0.1, 0.15) is 34.8 Å². The summed E-state index contributed by atoms with van der Waals surface area (Å²) in [5, 5.41) is 5.50. The van der Waals surface area contributed by atoms with Crippen molar-refractivity contribution in [1.82, 2.24) is 23.3 Å². The minimum Gasteiger partial charge on any atom is -0.335 e. The van der Waals surface area contributed by atoms with Gasteiger partial charge in [0.25, 0.3) is 16.1 Å². The second-order valence-electron chi connectivity index (χ2n) is 7.98. The number of carbonyl (C=O) groups excluding carboxylic acids is 1. The van der Waals surface area contributed by atoms with E-state index in [-0.39, 0.29) is 24.8 Å². The van der Waals surface area contributed by atoms with Crippen molar-refractivity contribution in [3.8, 4) is 0 Å². The van der Waals surface area contributed by atoms with Crippen LogP contribution in [0.25, 0.3) is 10.2 Å². The third kappa shape index (κ3) is 4.68. The highest BCUT2D eigenvalue weighted by molar-refractivity contribution is 7.86. The van der Waals surface area contributed by atoms with E-state index in [0.29, 0.717) is 37.6 Å². The van der Waals surface area contributed by atoms with E-state index in [1.54, 1.807) is 17.0 Å². The Hall–Kier alpha value is -2.34. The van der Waals surface area contributed by atoms with E-state index in [1.807, 2.05) is 31.5 Å². The second kappa shape index (κ2) is 9.49. The Balaban J connectivity index is 1.48. The highest BCUT2D eigenvalue weighted by Gasteiger charge is 2.33. The molecule has 1 saturated heterocycles. The maximum atomic E-state index is 13.2. The van der Waals surface area contributed by atoms with Gasteiger partial charge in [-0.2, -0.15) is 22.1 Å². The topological polar surface area (TPSA) is 78.8 Å². The van der Waals surface area contributed by atoms with Crippen LogP contribution < -0.4 is 0 Å². The number of aryl methyl sites for hydroxylation is 1. The molecular weight excluding hydrogens is 465 g/mol. The van der Waals surface area contributed by atoms with Crippen molar-refractivity contribution < 1.29 is 17.6 Å². The van der Waals surface area contributed by atoms with Gasteiger partial charge in [0.2, 0.25) is 0 Å². The lowest BCUT2D eigenvalue weighted by molar-refractivity contribution is 0.0699. The Kier molecular flexibility index (Phi) is 6.85. The molecule has 0 atom stereocenters. The normalized spacial score (nSPS) is 15.6. The first-order valence-corrected chi connectivity index (χ1v) is 13.2. The van der Waals surface area contributed by atoms with Crippen LogP contribution in [0.5, 0.6) is 0 Å². The van der Waals surface area contributed by atoms with E-state index >= 15 is 0 Å². The summed E-state index contributed by atoms with van der Waals surface area (Å²) in [5.74, 6) is -0.377. The van der Waals surface area contributed by atoms with Crippen molar-refractivity contribution in [2.24, 2.45) is 0 Å². The Labute approximate surface area is 197 Å². The fraction of sp³-hybridized carbons (Fsp3) is 0.455. The first-order valence-electron chi connectivity index (χ1n) is 11.0. The quantitative estimate of drug-likeness (QED) is 0.507. The summed E-state index contributed by atoms with van der Waals surface area (Å²) in [6.45, 7) is 8.16. The molecule has 1 aromatic carbocycles. The molecule has 1 aliphatic rings. The Morgan fingerprint density at radius 1 is 1.12 bits per heavy atom. The highest BCUT2D eigenvalue weighted by Crippen LogP contribution is 2.30. The van der Waals surface area contributed by atoms with Gasteiger partial charge in [0.15, 0.2) is 0 Å². The lowest BCUT2D eigenvalue weighted by atomic mass is 10.2. The van der Waals surface area contributed by atoms with Gasteiger partial charge in [-0.1, -0.05) is 26.0 Å². The van der Waals surface area contributed by atoms with Crippen molar-refractivity contribution in [3.63, 3.8) is 0 Å². The van der Waals surface area contributed by atoms with Gasteiger partial charge in [-0.25, -0.2) is 4.39 Å². The Morgan fingerprint density at radius 2 is 1.76 bits per heavy atom. The molecule has 2 aromatic heterocycles. The molecule has 33 heavy (non-hydrogen) atoms. The molecule has 8 nitrogen and oxygen atoms in total. The number of fused-ring (bicyclic) bond motifs is 1. The predicted molar refractivity (Wildman–Crippen MR) is 127 cm³/mol. The monoisotopic (exact) mass is 493 g/mol. The largest absolute Gasteiger partial charge is 0.335 e. The van der Waals surface area contributed by atoms with Crippen LogP contribution in [0, 0.1) is 12.7 Å². The standard InChI is InChI=1S/C22H28FN5O3S2/c1-4-26(5-2)33(30,31)27-12-10-25(11-13-27)21(29)20-14-19-16(3)24-28(22(19)32-20)15-17-6-8-18(23)9-7-17/h6-9,14H,4-5,10-13,15H2,1-3H3. The van der Waals surface area contributed by atoms with Crippen LogP contribution in [0.4, 0.5) is 4.39 Å². The third-order valence-electron chi connectivity index (χ3n) is 5.95. The smallest absolute Gasteiger partial charge is 0.282 e. The third-order valence-corrected chi connectivity index (χ3v) is 9.27. The molecule has 0 aliphatic carbocycles. The van der Waals surface area contributed by atoms with Gasteiger partial charge in [-0.3, -0.25) is 9.48 Å². The van der Waals surface area contributed by atoms with Crippen LogP contribution >= 0.6 is 11.3 Å². The van der Waals surface area contributed by atoms with E-state index < -0.39 is 10.2 Å². The molecule has 0 N–H and O–H groups in total. The maximum absolute atomic E-state index is 13.2. The molecule has 0 radical (unpaired) electrons. The number of rotatable bonds is 7. The van der Waals surface area contributed by atoms with Gasteiger partial charge in [0.1, 0.15) is 10.6 Å². The molecular formula is C22H28FN5O3S2. The van der Waals surface area contributed by atoms with E-state index in [9.17, 15) is 17.6 Å². The SMILES string of the molecule is CCN(CC)S(=O)(=O)N1CCN(C(=O)c2cc3c(C)nn(Cc4ccc(F)cc4)c3s2)CC1. The molecule has 0 unspecified atom stereocenters. The van der Waals surface area contributed by atoms with E-state index in [2.05, 4.69) is 5.10 Å². The van der Waals surface area contributed by atoms with E-state index in [4.69, 9.17) is 0 Å². The summed E-state index contributed by atoms with van der Waals surface area (Å²) < 4.78 is 43.4. The average molecular weight is 494 g/mol. The van der Waals surface area contributed by atoms with Gasteiger partial charge in [0, 0.05) is 44.7 Å². The molecule has 1 amide bonds. The Bertz CT molecular complexity index is 1240. The minimum absolute atomic E-state index is 0.0937. The number of carbonyl (C=O) groups is 1. The van der Waals surface area contributed by atoms with Crippen LogP contribution in [0.2, 0.25) is 0 Å². The van der Waals surface area contributed by atoms with Crippen LogP contribution in [-0.4, -0.2) is 76.9 Å². The zero-order valence-corrected chi connectivity index (χ0v) is 20.6. The molecule has 1 fully saturated rings. The fourth-order valence-electron chi connectivity index (χ4n) is 4.08. The number of aromatic nitrogens is 2. The molecule has 0 spiro atoms. The van der Waals surface area contributed by atoms with E-state index in [0.717, 1.165) is 21.5 Å². The minimum atomic E-state index is -3.50. The molecule has 178 valence electrons. The summed E-state index contributed by atoms with van der Waals surface area (Å²) in [6, 6.07) is 8.16. The number of hydrogen-bond acceptors (Lipinski definition) is 5. The van der Waals surface area contributed by atoms with Gasteiger partial charge < -0.3 is 4.90 Å². The first-order chi connectivity index (χ1) is 15.7. The number of halogens is 1. The summed E-state index contributed by atoms with van der Waals surface area (Å²) in [5.41, 5.74) is 1.75. The van der Waals surface area contributed by atoms with Crippen molar-refractivity contribution in [3.05, 3.63) is 52.3 Å². The van der Waals surface area contributed by atoms with Gasteiger partial charge >= 0.3 is 0 Å². The summed E-state index contributed by atoms with van der Waals surface area (Å²) in [4.78, 5) is 16.4. The van der Waals surface area contributed by atoms with Crippen LogP contribution in [0.3, 0.4) is 0 Å². The lowest BCUT2D eigenvalue weighted by Gasteiger charge is -2.36. The molecule has 0 saturated carbocycles. The highest BCUT2D eigenvalue weighted by atomic mass is 32.2. The first kappa shape index (κ1) is 23.8. The summed E-state index contributed by atoms with van der Waals surface area (Å²) in [7, 11) is -3.50. The summed E-state index contributed by atoms with van der Waals surface area (Å²) in [6.07, 6.45) is 0. The molecule has 11 heteroatoms. The molecule has 4 rings (SSSR count). The number of thiophene rings is 1. The molecule has 1 aliphatic heterocycles. The number of piperazine rings is 1. The molecule has 3 heterocycles. The number of hydrogen-bond donors (Lipinski definition) is 0. The maximum Gasteiger partial charge on any atom is 0.282 e. The van der Waals surface area contributed by atoms with Crippen LogP contribution in [0.15, 0.2) is 30.3 Å². The van der Waals surface area contributed by atoms with Crippen LogP contribution in [-0.2, 0) is 16.8 Å². The van der Waals surface area contributed by atoms with E-state index in [1.165, 1.54) is 32.1 Å². The second-order valence-corrected chi connectivity index (χ2v) is 10.9. The van der Waals surface area contributed by atoms with Gasteiger partial charge in [0.05, 0.1) is 17.1 Å². The van der Waals surface area contributed by atoms with Crippen molar-refractivity contribution in [2.45, 2.75) is 27.3 Å². The molecule has 0 bridgehead atoms. The predicted octanol–water partition coefficient (Wildman–Crippen LogP) is 2.94. The van der Waals surface area contributed by atoms with Crippen molar-refractivity contribution >= 4 is 37.7 Å². The number of nitrogens with zero attached hydrogens (tertiary/aromatic N) is 5. The van der Waals surface area contributed by atoms with Gasteiger partial charge in [-0.05, 0) is 30.7 Å². The average Bonchev–Trinajstić information content (AvgIpc) is 3.37. The zero-order valence-electron chi connectivity index (χ0n) is 19.0. The fourth-order valence-corrected chi connectivity index (χ4v) is 6.81. The van der Waals surface area contributed by atoms with Crippen molar-refractivity contribution in [1.29, 1.82) is 0 Å². The zero-order chi connectivity index (χ0) is 23.8. The lowest BCUT2D eigenvalue weighted by Crippen LogP contribution is -2.54.